The Labute approximate surface area is 108 Å². The van der Waals surface area contributed by atoms with Gasteiger partial charge in [0.15, 0.2) is 0 Å². The molecule has 0 saturated heterocycles. The quantitative estimate of drug-likeness (QED) is 0.806. The average molecular weight is 251 g/mol. The number of nitrogens with zero attached hydrogens (tertiary/aromatic N) is 1. The number of aromatic nitrogens is 1. The molecule has 0 aliphatic rings. The number of pyridine rings is 1. The van der Waals surface area contributed by atoms with Crippen molar-refractivity contribution in [3.8, 4) is 0 Å². The maximum absolute atomic E-state index is 11.3. The van der Waals surface area contributed by atoms with Gasteiger partial charge in [0.2, 0.25) is 0 Å². The van der Waals surface area contributed by atoms with Crippen molar-refractivity contribution in [2.75, 3.05) is 18.4 Å². The summed E-state index contributed by atoms with van der Waals surface area (Å²) in [6.45, 7) is 8.58. The normalized spacial score (nSPS) is 10.9. The summed E-state index contributed by atoms with van der Waals surface area (Å²) < 4.78 is 5.12. The van der Waals surface area contributed by atoms with Crippen molar-refractivity contribution in [3.63, 3.8) is 0 Å². The number of hydrogen-bond acceptors (Lipinski definition) is 4. The number of aryl methyl sites for hydroxylation is 1. The predicted octanol–water partition coefficient (Wildman–Crippen LogP) is 2.33. The molecule has 1 amide bonds. The van der Waals surface area contributed by atoms with E-state index in [0.717, 1.165) is 11.4 Å². The molecule has 0 aliphatic heterocycles. The topological polar surface area (TPSA) is 63.2 Å². The minimum absolute atomic E-state index is 0.397. The molecule has 0 radical (unpaired) electrons. The summed E-state index contributed by atoms with van der Waals surface area (Å²) in [5, 5.41) is 5.83. The van der Waals surface area contributed by atoms with E-state index in [2.05, 4.69) is 15.6 Å². The van der Waals surface area contributed by atoms with Crippen molar-refractivity contribution < 1.29 is 9.53 Å². The Kier molecular flexibility index (Phi) is 4.95. The van der Waals surface area contributed by atoms with Gasteiger partial charge >= 0.3 is 6.09 Å². The number of rotatable bonds is 4. The summed E-state index contributed by atoms with van der Waals surface area (Å²) >= 11 is 0. The molecular formula is C13H21N3O2. The molecule has 18 heavy (non-hydrogen) atoms. The molecule has 1 heterocycles. The lowest BCUT2D eigenvalue weighted by Gasteiger charge is -2.19. The maximum atomic E-state index is 11.3. The van der Waals surface area contributed by atoms with Gasteiger partial charge in [-0.05, 0) is 39.8 Å². The highest BCUT2D eigenvalue weighted by Gasteiger charge is 2.15. The van der Waals surface area contributed by atoms with Crippen LogP contribution in [0.5, 0.6) is 0 Å². The molecule has 1 aromatic rings. The van der Waals surface area contributed by atoms with Gasteiger partial charge in [-0.1, -0.05) is 0 Å². The fourth-order valence-electron chi connectivity index (χ4n) is 1.26. The summed E-state index contributed by atoms with van der Waals surface area (Å²) in [5.41, 5.74) is 1.46. The van der Waals surface area contributed by atoms with Crippen molar-refractivity contribution in [2.45, 2.75) is 33.3 Å². The summed E-state index contributed by atoms with van der Waals surface area (Å²) in [5.74, 6) is 0. The van der Waals surface area contributed by atoms with E-state index < -0.39 is 11.7 Å². The zero-order valence-corrected chi connectivity index (χ0v) is 11.4. The van der Waals surface area contributed by atoms with Gasteiger partial charge in [-0.2, -0.15) is 0 Å². The van der Waals surface area contributed by atoms with Crippen molar-refractivity contribution >= 4 is 11.8 Å². The van der Waals surface area contributed by atoms with Gasteiger partial charge in [-0.3, -0.25) is 4.98 Å². The summed E-state index contributed by atoms with van der Waals surface area (Å²) in [4.78, 5) is 15.5. The molecule has 0 aromatic carbocycles. The fourth-order valence-corrected chi connectivity index (χ4v) is 1.26. The third-order valence-electron chi connectivity index (χ3n) is 2.03. The van der Waals surface area contributed by atoms with Crippen molar-refractivity contribution in [1.29, 1.82) is 0 Å². The Bertz CT molecular complexity index is 382. The summed E-state index contributed by atoms with van der Waals surface area (Å²) in [7, 11) is 0. The zero-order chi connectivity index (χ0) is 13.6. The van der Waals surface area contributed by atoms with Gasteiger partial charge in [0.25, 0.3) is 0 Å². The van der Waals surface area contributed by atoms with E-state index in [1.807, 2.05) is 39.8 Å². The highest BCUT2D eigenvalue weighted by atomic mass is 16.6. The maximum Gasteiger partial charge on any atom is 0.407 e. The van der Waals surface area contributed by atoms with E-state index in [9.17, 15) is 4.79 Å². The summed E-state index contributed by atoms with van der Waals surface area (Å²) in [6, 6.07) is 3.89. The average Bonchev–Trinajstić information content (AvgIpc) is 2.24. The SMILES string of the molecule is Cc1ccc(NCCNC(=O)OC(C)(C)C)cn1. The number of hydrogen-bond donors (Lipinski definition) is 2. The molecule has 0 aliphatic carbocycles. The molecule has 1 aromatic heterocycles. The van der Waals surface area contributed by atoms with Crippen molar-refractivity contribution in [3.05, 3.63) is 24.0 Å². The van der Waals surface area contributed by atoms with Crippen LogP contribution in [0, 0.1) is 6.92 Å². The molecule has 0 spiro atoms. The molecule has 0 unspecified atom stereocenters. The number of amides is 1. The van der Waals surface area contributed by atoms with Crippen LogP contribution in [-0.4, -0.2) is 29.8 Å². The molecule has 1 rings (SSSR count). The molecule has 5 nitrogen and oxygen atoms in total. The van der Waals surface area contributed by atoms with Gasteiger partial charge in [0.1, 0.15) is 5.60 Å². The Morgan fingerprint density at radius 3 is 2.61 bits per heavy atom. The first-order valence-electron chi connectivity index (χ1n) is 6.00. The standard InChI is InChI=1S/C13H21N3O2/c1-10-5-6-11(9-16-10)14-7-8-15-12(17)18-13(2,3)4/h5-6,9,14H,7-8H2,1-4H3,(H,15,17). The van der Waals surface area contributed by atoms with E-state index in [1.165, 1.54) is 0 Å². The smallest absolute Gasteiger partial charge is 0.407 e. The van der Waals surface area contributed by atoms with Crippen molar-refractivity contribution in [2.24, 2.45) is 0 Å². The van der Waals surface area contributed by atoms with E-state index >= 15 is 0 Å². The third kappa shape index (κ3) is 6.08. The minimum atomic E-state index is -0.460. The number of alkyl carbamates (subject to hydrolysis) is 1. The van der Waals surface area contributed by atoms with Crippen LogP contribution < -0.4 is 10.6 Å². The number of carbonyl (C=O) groups is 1. The Balaban J connectivity index is 2.19. The monoisotopic (exact) mass is 251 g/mol. The predicted molar refractivity (Wildman–Crippen MR) is 71.7 cm³/mol. The van der Waals surface area contributed by atoms with E-state index in [4.69, 9.17) is 4.74 Å². The molecule has 0 fully saturated rings. The highest BCUT2D eigenvalue weighted by molar-refractivity contribution is 5.67. The van der Waals surface area contributed by atoms with Gasteiger partial charge in [-0.25, -0.2) is 4.79 Å². The third-order valence-corrected chi connectivity index (χ3v) is 2.03. The van der Waals surface area contributed by atoms with Crippen LogP contribution in [0.2, 0.25) is 0 Å². The van der Waals surface area contributed by atoms with E-state index in [-0.39, 0.29) is 0 Å². The minimum Gasteiger partial charge on any atom is -0.444 e. The van der Waals surface area contributed by atoms with Crippen molar-refractivity contribution in [1.82, 2.24) is 10.3 Å². The molecular weight excluding hydrogens is 230 g/mol. The first-order chi connectivity index (χ1) is 8.37. The lowest BCUT2D eigenvalue weighted by atomic mass is 10.2. The molecule has 0 saturated carbocycles. The van der Waals surface area contributed by atoms with Crippen LogP contribution in [0.4, 0.5) is 10.5 Å². The number of nitrogens with one attached hydrogen (secondary N) is 2. The lowest BCUT2D eigenvalue weighted by Crippen LogP contribution is -2.34. The second-order valence-corrected chi connectivity index (χ2v) is 5.04. The number of anilines is 1. The van der Waals surface area contributed by atoms with Crippen LogP contribution in [0.1, 0.15) is 26.5 Å². The molecule has 0 atom stereocenters. The molecule has 0 bridgehead atoms. The van der Waals surface area contributed by atoms with Crippen LogP contribution in [0.3, 0.4) is 0 Å². The second kappa shape index (κ2) is 6.23. The number of ether oxygens (including phenoxy) is 1. The van der Waals surface area contributed by atoms with Crippen LogP contribution >= 0.6 is 0 Å². The van der Waals surface area contributed by atoms with Gasteiger partial charge in [0, 0.05) is 18.8 Å². The Morgan fingerprint density at radius 2 is 2.06 bits per heavy atom. The van der Waals surface area contributed by atoms with E-state index in [1.54, 1.807) is 6.20 Å². The zero-order valence-electron chi connectivity index (χ0n) is 11.4. The first-order valence-corrected chi connectivity index (χ1v) is 6.00. The summed E-state index contributed by atoms with van der Waals surface area (Å²) in [6.07, 6.45) is 1.37. The van der Waals surface area contributed by atoms with Crippen LogP contribution in [0.25, 0.3) is 0 Å². The number of carbonyl (C=O) groups excluding carboxylic acids is 1. The Hall–Kier alpha value is -1.78. The van der Waals surface area contributed by atoms with Gasteiger partial charge in [-0.15, -0.1) is 0 Å². The molecule has 5 heteroatoms. The highest BCUT2D eigenvalue weighted by Crippen LogP contribution is 2.06. The molecule has 2 N–H and O–H groups in total. The van der Waals surface area contributed by atoms with Crippen LogP contribution in [0.15, 0.2) is 18.3 Å². The first kappa shape index (κ1) is 14.3. The Morgan fingerprint density at radius 1 is 1.33 bits per heavy atom. The molecule has 100 valence electrons. The largest absolute Gasteiger partial charge is 0.444 e. The lowest BCUT2D eigenvalue weighted by molar-refractivity contribution is 0.0530. The van der Waals surface area contributed by atoms with Gasteiger partial charge < -0.3 is 15.4 Å². The van der Waals surface area contributed by atoms with Gasteiger partial charge in [0.05, 0.1) is 11.9 Å². The fraction of sp³-hybridized carbons (Fsp3) is 0.538. The van der Waals surface area contributed by atoms with Crippen LogP contribution in [-0.2, 0) is 4.74 Å². The second-order valence-electron chi connectivity index (χ2n) is 5.04. The van der Waals surface area contributed by atoms with E-state index in [0.29, 0.717) is 13.1 Å².